The van der Waals surface area contributed by atoms with Crippen molar-refractivity contribution < 1.29 is 4.39 Å². The Labute approximate surface area is 116 Å². The van der Waals surface area contributed by atoms with Gasteiger partial charge in [0.15, 0.2) is 0 Å². The molecule has 1 nitrogen and oxygen atoms in total. The highest BCUT2D eigenvalue weighted by atomic mass is 79.9. The molecule has 1 rings (SSSR count). The zero-order chi connectivity index (χ0) is 13.2. The topological polar surface area (TPSA) is 12.0 Å². The number of hydrogen-bond donors (Lipinski definition) is 1. The highest BCUT2D eigenvalue weighted by molar-refractivity contribution is 9.10. The summed E-state index contributed by atoms with van der Waals surface area (Å²) in [6, 6.07) is 3.08. The van der Waals surface area contributed by atoms with E-state index in [0.29, 0.717) is 15.1 Å². The Balaban J connectivity index is 3.08. The summed E-state index contributed by atoms with van der Waals surface area (Å²) in [6.45, 7) is 6.40. The number of halogens is 3. The van der Waals surface area contributed by atoms with Gasteiger partial charge in [-0.1, -0.05) is 32.4 Å². The van der Waals surface area contributed by atoms with E-state index in [0.717, 1.165) is 6.42 Å². The van der Waals surface area contributed by atoms with Crippen LogP contribution in [-0.4, -0.2) is 7.05 Å². The van der Waals surface area contributed by atoms with Gasteiger partial charge in [0.2, 0.25) is 0 Å². The molecular weight excluding hydrogens is 305 g/mol. The van der Waals surface area contributed by atoms with Crippen molar-refractivity contribution in [3.63, 3.8) is 0 Å². The molecule has 1 aromatic carbocycles. The molecule has 0 aliphatic rings. The van der Waals surface area contributed by atoms with Crippen molar-refractivity contribution in [3.05, 3.63) is 33.0 Å². The highest BCUT2D eigenvalue weighted by Gasteiger charge is 2.22. The first kappa shape index (κ1) is 14.9. The Bertz CT molecular complexity index is 401. The predicted molar refractivity (Wildman–Crippen MR) is 75.0 cm³/mol. The lowest BCUT2D eigenvalue weighted by molar-refractivity contribution is 0.316. The first-order valence-electron chi connectivity index (χ1n) is 5.56. The second-order valence-electron chi connectivity index (χ2n) is 5.39. The standard InChI is InChI=1S/C13H18BrClFN/c1-13(2,3)7-12(17-4)8-5-10(15)9(14)6-11(8)16/h5-6,12,17H,7H2,1-4H3. The molecule has 0 amide bonds. The maximum absolute atomic E-state index is 13.9. The van der Waals surface area contributed by atoms with Crippen LogP contribution >= 0.6 is 27.5 Å². The van der Waals surface area contributed by atoms with E-state index < -0.39 is 0 Å². The molecule has 0 saturated heterocycles. The number of hydrogen-bond acceptors (Lipinski definition) is 1. The van der Waals surface area contributed by atoms with Gasteiger partial charge in [0.25, 0.3) is 0 Å². The molecule has 1 unspecified atom stereocenters. The van der Waals surface area contributed by atoms with Crippen LogP contribution in [0.5, 0.6) is 0 Å². The zero-order valence-corrected chi connectivity index (χ0v) is 12.9. The Morgan fingerprint density at radius 2 is 2.00 bits per heavy atom. The monoisotopic (exact) mass is 321 g/mol. The van der Waals surface area contributed by atoms with Crippen molar-refractivity contribution in [1.82, 2.24) is 5.32 Å². The van der Waals surface area contributed by atoms with Crippen LogP contribution in [0.25, 0.3) is 0 Å². The third-order valence-electron chi connectivity index (χ3n) is 2.58. The molecule has 17 heavy (non-hydrogen) atoms. The molecule has 0 aliphatic heterocycles. The van der Waals surface area contributed by atoms with Gasteiger partial charge in [-0.05, 0) is 46.9 Å². The van der Waals surface area contributed by atoms with Crippen LogP contribution in [0.2, 0.25) is 5.02 Å². The van der Waals surface area contributed by atoms with Crippen LogP contribution in [0.15, 0.2) is 16.6 Å². The van der Waals surface area contributed by atoms with E-state index in [1.807, 2.05) is 7.05 Å². The maximum atomic E-state index is 13.9. The number of rotatable bonds is 3. The fraction of sp³-hybridized carbons (Fsp3) is 0.538. The molecule has 0 fully saturated rings. The second-order valence-corrected chi connectivity index (χ2v) is 6.66. The Hall–Kier alpha value is -0.120. The van der Waals surface area contributed by atoms with E-state index >= 15 is 0 Å². The first-order valence-corrected chi connectivity index (χ1v) is 6.73. The van der Waals surface area contributed by atoms with Crippen molar-refractivity contribution in [2.75, 3.05) is 7.05 Å². The van der Waals surface area contributed by atoms with Gasteiger partial charge in [-0.2, -0.15) is 0 Å². The van der Waals surface area contributed by atoms with E-state index in [1.165, 1.54) is 6.07 Å². The predicted octanol–water partition coefficient (Wildman–Crippen LogP) is 4.94. The summed E-state index contributed by atoms with van der Waals surface area (Å²) in [4.78, 5) is 0. The average molecular weight is 323 g/mol. The van der Waals surface area contributed by atoms with Gasteiger partial charge in [0.1, 0.15) is 5.82 Å². The molecule has 0 aromatic heterocycles. The van der Waals surface area contributed by atoms with Crippen LogP contribution in [-0.2, 0) is 0 Å². The quantitative estimate of drug-likeness (QED) is 0.777. The van der Waals surface area contributed by atoms with Crippen LogP contribution in [0.1, 0.15) is 38.8 Å². The minimum Gasteiger partial charge on any atom is -0.313 e. The molecular formula is C13H18BrClFN. The van der Waals surface area contributed by atoms with Gasteiger partial charge in [-0.3, -0.25) is 0 Å². The SMILES string of the molecule is CNC(CC(C)(C)C)c1cc(Cl)c(Br)cc1F. The minimum absolute atomic E-state index is 0.0272. The summed E-state index contributed by atoms with van der Waals surface area (Å²) in [5.74, 6) is -0.232. The van der Waals surface area contributed by atoms with Gasteiger partial charge in [0.05, 0.1) is 5.02 Å². The van der Waals surface area contributed by atoms with Crippen LogP contribution < -0.4 is 5.32 Å². The van der Waals surface area contributed by atoms with Gasteiger partial charge in [0, 0.05) is 16.1 Å². The molecule has 1 N–H and O–H groups in total. The second kappa shape index (κ2) is 5.68. The molecule has 0 aliphatic carbocycles. The number of nitrogens with one attached hydrogen (secondary N) is 1. The first-order chi connectivity index (χ1) is 7.74. The number of benzene rings is 1. The van der Waals surface area contributed by atoms with Crippen molar-refractivity contribution in [2.24, 2.45) is 5.41 Å². The Morgan fingerprint density at radius 1 is 1.41 bits per heavy atom. The zero-order valence-electron chi connectivity index (χ0n) is 10.6. The van der Waals surface area contributed by atoms with Crippen LogP contribution in [0, 0.1) is 11.2 Å². The smallest absolute Gasteiger partial charge is 0.129 e. The lowest BCUT2D eigenvalue weighted by Gasteiger charge is -2.26. The van der Waals surface area contributed by atoms with Crippen molar-refractivity contribution in [2.45, 2.75) is 33.2 Å². The molecule has 1 aromatic rings. The Morgan fingerprint density at radius 3 is 2.47 bits per heavy atom. The third kappa shape index (κ3) is 4.23. The fourth-order valence-corrected chi connectivity index (χ4v) is 2.27. The lowest BCUT2D eigenvalue weighted by atomic mass is 9.85. The summed E-state index contributed by atoms with van der Waals surface area (Å²) in [6.07, 6.45) is 0.846. The molecule has 0 bridgehead atoms. The molecule has 0 heterocycles. The molecule has 0 spiro atoms. The van der Waals surface area contributed by atoms with Gasteiger partial charge < -0.3 is 5.32 Å². The Kier molecular flexibility index (Phi) is 4.99. The fourth-order valence-electron chi connectivity index (χ4n) is 1.78. The van der Waals surface area contributed by atoms with Crippen LogP contribution in [0.4, 0.5) is 4.39 Å². The molecule has 4 heteroatoms. The summed E-state index contributed by atoms with van der Waals surface area (Å²) in [5.41, 5.74) is 0.746. The van der Waals surface area contributed by atoms with E-state index in [-0.39, 0.29) is 17.3 Å². The molecule has 0 radical (unpaired) electrons. The van der Waals surface area contributed by atoms with E-state index in [2.05, 4.69) is 42.0 Å². The van der Waals surface area contributed by atoms with E-state index in [1.54, 1.807) is 6.07 Å². The summed E-state index contributed by atoms with van der Waals surface area (Å²) >= 11 is 9.24. The minimum atomic E-state index is -0.232. The largest absolute Gasteiger partial charge is 0.313 e. The highest BCUT2D eigenvalue weighted by Crippen LogP contribution is 2.34. The van der Waals surface area contributed by atoms with Crippen LogP contribution in [0.3, 0.4) is 0 Å². The maximum Gasteiger partial charge on any atom is 0.129 e. The molecule has 1 atom stereocenters. The summed E-state index contributed by atoms with van der Waals surface area (Å²) in [7, 11) is 1.84. The lowest BCUT2D eigenvalue weighted by Crippen LogP contribution is -2.23. The molecule has 96 valence electrons. The van der Waals surface area contributed by atoms with Crippen molar-refractivity contribution in [1.29, 1.82) is 0 Å². The van der Waals surface area contributed by atoms with Gasteiger partial charge in [-0.15, -0.1) is 0 Å². The van der Waals surface area contributed by atoms with E-state index in [4.69, 9.17) is 11.6 Å². The average Bonchev–Trinajstić information content (AvgIpc) is 2.19. The van der Waals surface area contributed by atoms with Gasteiger partial charge >= 0.3 is 0 Å². The van der Waals surface area contributed by atoms with E-state index in [9.17, 15) is 4.39 Å². The van der Waals surface area contributed by atoms with Crippen molar-refractivity contribution >= 4 is 27.5 Å². The van der Waals surface area contributed by atoms with Crippen molar-refractivity contribution in [3.8, 4) is 0 Å². The third-order valence-corrected chi connectivity index (χ3v) is 3.78. The normalized spacial score (nSPS) is 13.8. The summed E-state index contributed by atoms with van der Waals surface area (Å²) < 4.78 is 14.5. The summed E-state index contributed by atoms with van der Waals surface area (Å²) in [5, 5.41) is 3.69. The van der Waals surface area contributed by atoms with Gasteiger partial charge in [-0.25, -0.2) is 4.39 Å². The molecule has 0 saturated carbocycles.